The van der Waals surface area contributed by atoms with Crippen LogP contribution < -0.4 is 5.32 Å². The molecule has 6 heteroatoms. The van der Waals surface area contributed by atoms with Gasteiger partial charge in [-0.05, 0) is 69.6 Å². The number of hydrogen-bond acceptors (Lipinski definition) is 3. The molecule has 0 aliphatic carbocycles. The van der Waals surface area contributed by atoms with Crippen molar-refractivity contribution in [1.29, 1.82) is 0 Å². The molecule has 4 rings (SSSR count). The number of amides is 1. The highest BCUT2D eigenvalue weighted by molar-refractivity contribution is 5.94. The summed E-state index contributed by atoms with van der Waals surface area (Å²) in [7, 11) is 0. The van der Waals surface area contributed by atoms with Gasteiger partial charge in [0, 0.05) is 18.7 Å². The SMILES string of the molecule is Cc1ccc(-n2nc(-c3ccccc3F)cc2C(=O)NCCN2CCCCC2)c(C)c1. The molecule has 2 heterocycles. The highest BCUT2D eigenvalue weighted by Gasteiger charge is 2.20. The second kappa shape index (κ2) is 9.43. The molecule has 0 radical (unpaired) electrons. The van der Waals surface area contributed by atoms with Gasteiger partial charge in [0.15, 0.2) is 0 Å². The van der Waals surface area contributed by atoms with Gasteiger partial charge < -0.3 is 10.2 Å². The minimum Gasteiger partial charge on any atom is -0.349 e. The van der Waals surface area contributed by atoms with E-state index in [4.69, 9.17) is 0 Å². The summed E-state index contributed by atoms with van der Waals surface area (Å²) in [6.07, 6.45) is 3.73. The third-order valence-electron chi connectivity index (χ3n) is 5.83. The van der Waals surface area contributed by atoms with E-state index in [0.717, 1.165) is 36.4 Å². The predicted octanol–water partition coefficient (Wildman–Crippen LogP) is 4.51. The maximum absolute atomic E-state index is 14.4. The van der Waals surface area contributed by atoms with Gasteiger partial charge in [0.2, 0.25) is 0 Å². The monoisotopic (exact) mass is 420 g/mol. The lowest BCUT2D eigenvalue weighted by molar-refractivity contribution is 0.0939. The summed E-state index contributed by atoms with van der Waals surface area (Å²) in [5, 5.41) is 7.66. The van der Waals surface area contributed by atoms with E-state index in [0.29, 0.717) is 23.5 Å². The van der Waals surface area contributed by atoms with Crippen molar-refractivity contribution in [1.82, 2.24) is 20.0 Å². The highest BCUT2D eigenvalue weighted by Crippen LogP contribution is 2.25. The molecule has 0 spiro atoms. The fourth-order valence-corrected chi connectivity index (χ4v) is 4.17. The Bertz CT molecular complexity index is 1070. The summed E-state index contributed by atoms with van der Waals surface area (Å²) >= 11 is 0. The lowest BCUT2D eigenvalue weighted by atomic mass is 10.1. The van der Waals surface area contributed by atoms with Crippen molar-refractivity contribution < 1.29 is 9.18 Å². The zero-order valence-corrected chi connectivity index (χ0v) is 18.2. The van der Waals surface area contributed by atoms with Crippen LogP contribution in [0, 0.1) is 19.7 Å². The van der Waals surface area contributed by atoms with Crippen LogP contribution in [-0.4, -0.2) is 46.8 Å². The molecule has 1 amide bonds. The Kier molecular flexibility index (Phi) is 6.47. The number of rotatable bonds is 6. The number of halogens is 1. The van der Waals surface area contributed by atoms with Crippen LogP contribution in [0.2, 0.25) is 0 Å². The quantitative estimate of drug-likeness (QED) is 0.638. The van der Waals surface area contributed by atoms with Crippen LogP contribution in [0.3, 0.4) is 0 Å². The Morgan fingerprint density at radius 3 is 2.58 bits per heavy atom. The second-order valence-corrected chi connectivity index (χ2v) is 8.25. The Labute approximate surface area is 182 Å². The van der Waals surface area contributed by atoms with E-state index in [9.17, 15) is 9.18 Å². The summed E-state index contributed by atoms with van der Waals surface area (Å²) in [6.45, 7) is 7.61. The molecule has 162 valence electrons. The summed E-state index contributed by atoms with van der Waals surface area (Å²) in [5.74, 6) is -0.558. The first-order valence-electron chi connectivity index (χ1n) is 11.0. The summed E-state index contributed by atoms with van der Waals surface area (Å²) in [6, 6.07) is 14.2. The number of likely N-dealkylation sites (tertiary alicyclic amines) is 1. The van der Waals surface area contributed by atoms with Crippen LogP contribution in [0.15, 0.2) is 48.5 Å². The van der Waals surface area contributed by atoms with Gasteiger partial charge in [-0.25, -0.2) is 9.07 Å². The average Bonchev–Trinajstić information content (AvgIpc) is 3.20. The number of benzene rings is 2. The molecule has 1 aromatic heterocycles. The van der Waals surface area contributed by atoms with Crippen molar-refractivity contribution >= 4 is 5.91 Å². The van der Waals surface area contributed by atoms with Gasteiger partial charge >= 0.3 is 0 Å². The first kappa shape index (κ1) is 21.2. The van der Waals surface area contributed by atoms with Crippen LogP contribution in [0.1, 0.15) is 40.9 Å². The molecule has 1 saturated heterocycles. The van der Waals surface area contributed by atoms with Gasteiger partial charge in [0.05, 0.1) is 11.4 Å². The molecule has 0 unspecified atom stereocenters. The molecular weight excluding hydrogens is 391 g/mol. The van der Waals surface area contributed by atoms with Crippen LogP contribution in [0.25, 0.3) is 16.9 Å². The van der Waals surface area contributed by atoms with Gasteiger partial charge in [-0.2, -0.15) is 5.10 Å². The fraction of sp³-hybridized carbons (Fsp3) is 0.360. The molecule has 1 aliphatic heterocycles. The predicted molar refractivity (Wildman–Crippen MR) is 121 cm³/mol. The molecule has 0 atom stereocenters. The third kappa shape index (κ3) is 4.85. The lowest BCUT2D eigenvalue weighted by Crippen LogP contribution is -2.38. The maximum atomic E-state index is 14.4. The van der Waals surface area contributed by atoms with Crippen LogP contribution in [0.4, 0.5) is 4.39 Å². The van der Waals surface area contributed by atoms with Gasteiger partial charge in [-0.1, -0.05) is 36.2 Å². The number of aromatic nitrogens is 2. The van der Waals surface area contributed by atoms with Gasteiger partial charge in [-0.15, -0.1) is 0 Å². The number of carbonyl (C=O) groups excluding carboxylic acids is 1. The standard InChI is InChI=1S/C25H29FN4O/c1-18-10-11-23(19(2)16-18)30-24(17-22(28-30)20-8-4-5-9-21(20)26)25(31)27-12-15-29-13-6-3-7-14-29/h4-5,8-11,16-17H,3,6-7,12-15H2,1-2H3,(H,27,31). The number of hydrogen-bond donors (Lipinski definition) is 1. The molecule has 5 nitrogen and oxygen atoms in total. The molecule has 3 aromatic rings. The maximum Gasteiger partial charge on any atom is 0.270 e. The summed E-state index contributed by atoms with van der Waals surface area (Å²) < 4.78 is 16.0. The number of aryl methyl sites for hydroxylation is 2. The van der Waals surface area contributed by atoms with E-state index < -0.39 is 0 Å². The first-order chi connectivity index (χ1) is 15.0. The number of piperidine rings is 1. The first-order valence-corrected chi connectivity index (χ1v) is 11.0. The highest BCUT2D eigenvalue weighted by atomic mass is 19.1. The molecule has 1 aliphatic rings. The Morgan fingerprint density at radius 1 is 1.06 bits per heavy atom. The topological polar surface area (TPSA) is 50.2 Å². The van der Waals surface area contributed by atoms with Gasteiger partial charge in [-0.3, -0.25) is 4.79 Å². The number of carbonyl (C=O) groups is 1. The van der Waals surface area contributed by atoms with Crippen molar-refractivity contribution in [2.75, 3.05) is 26.2 Å². The molecule has 1 N–H and O–H groups in total. The Balaban J connectivity index is 1.63. The molecular formula is C25H29FN4O. The van der Waals surface area contributed by atoms with Crippen LogP contribution in [-0.2, 0) is 0 Å². The van der Waals surface area contributed by atoms with Crippen LogP contribution in [0.5, 0.6) is 0 Å². The van der Waals surface area contributed by atoms with Crippen LogP contribution >= 0.6 is 0 Å². The fourth-order valence-electron chi connectivity index (χ4n) is 4.17. The van der Waals surface area contributed by atoms with Crippen molar-refractivity contribution in [2.45, 2.75) is 33.1 Å². The van der Waals surface area contributed by atoms with E-state index in [1.54, 1.807) is 28.9 Å². The molecule has 2 aromatic carbocycles. The summed E-state index contributed by atoms with van der Waals surface area (Å²) in [5.41, 5.74) is 4.19. The van der Waals surface area contributed by atoms with E-state index in [1.165, 1.54) is 25.3 Å². The number of nitrogens with zero attached hydrogens (tertiary/aromatic N) is 3. The third-order valence-corrected chi connectivity index (χ3v) is 5.83. The van der Waals surface area contributed by atoms with Crippen molar-refractivity contribution in [3.05, 3.63) is 71.2 Å². The Hall–Kier alpha value is -2.99. The normalized spacial score (nSPS) is 14.5. The van der Waals surface area contributed by atoms with E-state index in [-0.39, 0.29) is 11.7 Å². The molecule has 31 heavy (non-hydrogen) atoms. The second-order valence-electron chi connectivity index (χ2n) is 8.25. The largest absolute Gasteiger partial charge is 0.349 e. The van der Waals surface area contributed by atoms with Gasteiger partial charge in [0.1, 0.15) is 11.5 Å². The average molecular weight is 421 g/mol. The van der Waals surface area contributed by atoms with E-state index in [1.807, 2.05) is 26.0 Å². The van der Waals surface area contributed by atoms with Gasteiger partial charge in [0.25, 0.3) is 5.91 Å². The van der Waals surface area contributed by atoms with Crippen molar-refractivity contribution in [3.8, 4) is 16.9 Å². The molecule has 0 bridgehead atoms. The van der Waals surface area contributed by atoms with Crippen molar-refractivity contribution in [3.63, 3.8) is 0 Å². The molecule has 1 fully saturated rings. The number of nitrogens with one attached hydrogen (secondary N) is 1. The Morgan fingerprint density at radius 2 is 1.84 bits per heavy atom. The van der Waals surface area contributed by atoms with E-state index >= 15 is 0 Å². The molecule has 0 saturated carbocycles. The van der Waals surface area contributed by atoms with E-state index in [2.05, 4.69) is 21.4 Å². The minimum absolute atomic E-state index is 0.202. The minimum atomic E-state index is -0.357. The smallest absolute Gasteiger partial charge is 0.270 e. The zero-order chi connectivity index (χ0) is 21.8. The lowest BCUT2D eigenvalue weighted by Gasteiger charge is -2.26. The zero-order valence-electron chi connectivity index (χ0n) is 18.2. The van der Waals surface area contributed by atoms with Crippen molar-refractivity contribution in [2.24, 2.45) is 0 Å². The summed E-state index contributed by atoms with van der Waals surface area (Å²) in [4.78, 5) is 15.5.